The van der Waals surface area contributed by atoms with Crippen molar-refractivity contribution in [1.29, 1.82) is 0 Å². The van der Waals surface area contributed by atoms with E-state index < -0.39 is 11.9 Å². The molecule has 0 radical (unpaired) electrons. The van der Waals surface area contributed by atoms with Crippen LogP contribution in [0.25, 0.3) is 0 Å². The van der Waals surface area contributed by atoms with Crippen LogP contribution in [0.1, 0.15) is 18.9 Å². The van der Waals surface area contributed by atoms with Gasteiger partial charge in [-0.1, -0.05) is 18.2 Å². The van der Waals surface area contributed by atoms with Gasteiger partial charge in [-0.15, -0.1) is 0 Å². The lowest BCUT2D eigenvalue weighted by Gasteiger charge is -2.26. The molecule has 2 rings (SSSR count). The normalized spacial score (nSPS) is 21.5. The predicted molar refractivity (Wildman–Crippen MR) is 78.2 cm³/mol. The molecule has 1 N–H and O–H groups in total. The van der Waals surface area contributed by atoms with Crippen LogP contribution in [0, 0.1) is 11.8 Å². The predicted octanol–water partition coefficient (Wildman–Crippen LogP) is 1.81. The van der Waals surface area contributed by atoms with Crippen molar-refractivity contribution >= 4 is 11.9 Å². The number of carboxylic acid groups (broad SMARTS) is 1. The van der Waals surface area contributed by atoms with E-state index in [4.69, 9.17) is 9.84 Å². The zero-order chi connectivity index (χ0) is 15.6. The number of nitrogens with zero attached hydrogens (tertiary/aromatic N) is 1. The van der Waals surface area contributed by atoms with Gasteiger partial charge >= 0.3 is 5.97 Å². The van der Waals surface area contributed by atoms with Gasteiger partial charge < -0.3 is 14.7 Å². The van der Waals surface area contributed by atoms with Crippen molar-refractivity contribution in [2.45, 2.75) is 25.8 Å². The van der Waals surface area contributed by atoms with E-state index in [1.54, 1.807) is 19.1 Å². The average Bonchev–Trinajstić information content (AvgIpc) is 3.26. The van der Waals surface area contributed by atoms with Gasteiger partial charge in [-0.05, 0) is 31.4 Å². The Morgan fingerprint density at radius 1 is 1.38 bits per heavy atom. The molecule has 1 amide bonds. The SMILES string of the molecule is COc1ccccc1C[C@H](C)N(C)C(=O)[C@H]1C[C@H]1C(=O)O. The molecule has 5 nitrogen and oxygen atoms in total. The minimum atomic E-state index is -0.876. The lowest BCUT2D eigenvalue weighted by molar-refractivity contribution is -0.142. The van der Waals surface area contributed by atoms with Crippen LogP contribution in [0.5, 0.6) is 5.75 Å². The summed E-state index contributed by atoms with van der Waals surface area (Å²) in [4.78, 5) is 24.7. The quantitative estimate of drug-likeness (QED) is 0.868. The molecule has 5 heteroatoms. The maximum Gasteiger partial charge on any atom is 0.307 e. The molecular formula is C16H21NO4. The van der Waals surface area contributed by atoms with Gasteiger partial charge in [-0.3, -0.25) is 9.59 Å². The van der Waals surface area contributed by atoms with Crippen molar-refractivity contribution < 1.29 is 19.4 Å². The molecule has 0 saturated heterocycles. The number of aliphatic carboxylic acids is 1. The van der Waals surface area contributed by atoms with Crippen molar-refractivity contribution in [3.8, 4) is 5.75 Å². The molecule has 0 unspecified atom stereocenters. The second-order valence-electron chi connectivity index (χ2n) is 5.60. The molecule has 0 aromatic heterocycles. The fourth-order valence-electron chi connectivity index (χ4n) is 2.55. The van der Waals surface area contributed by atoms with Crippen molar-refractivity contribution in [2.75, 3.05) is 14.2 Å². The lowest BCUT2D eigenvalue weighted by atomic mass is 10.0. The Morgan fingerprint density at radius 3 is 2.62 bits per heavy atom. The van der Waals surface area contributed by atoms with Crippen LogP contribution in [-0.4, -0.2) is 42.1 Å². The number of para-hydroxylation sites is 1. The number of hydrogen-bond donors (Lipinski definition) is 1. The van der Waals surface area contributed by atoms with Crippen molar-refractivity contribution in [1.82, 2.24) is 4.90 Å². The summed E-state index contributed by atoms with van der Waals surface area (Å²) in [6, 6.07) is 7.71. The molecule has 1 saturated carbocycles. The number of ether oxygens (including phenoxy) is 1. The Labute approximate surface area is 124 Å². The van der Waals surface area contributed by atoms with Crippen LogP contribution >= 0.6 is 0 Å². The summed E-state index contributed by atoms with van der Waals surface area (Å²) in [6.07, 6.45) is 1.14. The van der Waals surface area contributed by atoms with Gasteiger partial charge in [0.25, 0.3) is 0 Å². The summed E-state index contributed by atoms with van der Waals surface area (Å²) in [5.41, 5.74) is 1.04. The Morgan fingerprint density at radius 2 is 2.05 bits per heavy atom. The number of rotatable bonds is 6. The fraction of sp³-hybridized carbons (Fsp3) is 0.500. The Bertz CT molecular complexity index is 543. The maximum atomic E-state index is 12.2. The Hall–Kier alpha value is -2.04. The maximum absolute atomic E-state index is 12.2. The monoisotopic (exact) mass is 291 g/mol. The van der Waals surface area contributed by atoms with Crippen molar-refractivity contribution in [2.24, 2.45) is 11.8 Å². The van der Waals surface area contributed by atoms with E-state index in [-0.39, 0.29) is 17.9 Å². The van der Waals surface area contributed by atoms with Crippen LogP contribution < -0.4 is 4.74 Å². The summed E-state index contributed by atoms with van der Waals surface area (Å²) in [5, 5.41) is 8.91. The molecule has 21 heavy (non-hydrogen) atoms. The summed E-state index contributed by atoms with van der Waals surface area (Å²) in [5.74, 6) is -1.00. The molecule has 0 aliphatic heterocycles. The smallest absolute Gasteiger partial charge is 0.307 e. The van der Waals surface area contributed by atoms with E-state index in [9.17, 15) is 9.59 Å². The average molecular weight is 291 g/mol. The van der Waals surface area contributed by atoms with E-state index in [2.05, 4.69) is 0 Å². The largest absolute Gasteiger partial charge is 0.496 e. The van der Waals surface area contributed by atoms with Crippen LogP contribution in [0.4, 0.5) is 0 Å². The third kappa shape index (κ3) is 3.35. The molecule has 0 heterocycles. The molecule has 1 aliphatic rings. The van der Waals surface area contributed by atoms with Gasteiger partial charge in [-0.2, -0.15) is 0 Å². The number of methoxy groups -OCH3 is 1. The van der Waals surface area contributed by atoms with Gasteiger partial charge in [0, 0.05) is 13.1 Å². The first kappa shape index (κ1) is 15.4. The van der Waals surface area contributed by atoms with E-state index >= 15 is 0 Å². The Kier molecular flexibility index (Phi) is 4.50. The number of carboxylic acids is 1. The molecule has 114 valence electrons. The van der Waals surface area contributed by atoms with Gasteiger partial charge in [-0.25, -0.2) is 0 Å². The van der Waals surface area contributed by atoms with Gasteiger partial charge in [0.05, 0.1) is 18.9 Å². The molecular weight excluding hydrogens is 270 g/mol. The molecule has 1 fully saturated rings. The molecule has 1 aromatic rings. The third-order valence-electron chi connectivity index (χ3n) is 4.14. The second-order valence-corrected chi connectivity index (χ2v) is 5.60. The van der Waals surface area contributed by atoms with Crippen molar-refractivity contribution in [3.05, 3.63) is 29.8 Å². The zero-order valence-corrected chi connectivity index (χ0v) is 12.6. The number of carbonyl (C=O) groups excluding carboxylic acids is 1. The van der Waals surface area contributed by atoms with E-state index in [1.807, 2.05) is 31.2 Å². The lowest BCUT2D eigenvalue weighted by Crippen LogP contribution is -2.38. The highest BCUT2D eigenvalue weighted by Crippen LogP contribution is 2.40. The Balaban J connectivity index is 1.98. The van der Waals surface area contributed by atoms with E-state index in [0.717, 1.165) is 11.3 Å². The first-order valence-corrected chi connectivity index (χ1v) is 7.07. The second kappa shape index (κ2) is 6.16. The molecule has 3 atom stereocenters. The highest BCUT2D eigenvalue weighted by Gasteiger charge is 2.49. The molecule has 0 bridgehead atoms. The number of carbonyl (C=O) groups is 2. The topological polar surface area (TPSA) is 66.8 Å². The number of amides is 1. The van der Waals surface area contributed by atoms with Crippen LogP contribution in [0.2, 0.25) is 0 Å². The van der Waals surface area contributed by atoms with Gasteiger partial charge in [0.1, 0.15) is 5.75 Å². The summed E-state index contributed by atoms with van der Waals surface area (Å²) in [6.45, 7) is 1.96. The van der Waals surface area contributed by atoms with E-state index in [1.165, 1.54) is 0 Å². The first-order chi connectivity index (χ1) is 9.95. The van der Waals surface area contributed by atoms with Gasteiger partial charge in [0.15, 0.2) is 0 Å². The molecule has 0 spiro atoms. The highest BCUT2D eigenvalue weighted by atomic mass is 16.5. The van der Waals surface area contributed by atoms with Crippen LogP contribution in [0.3, 0.4) is 0 Å². The summed E-state index contributed by atoms with van der Waals surface area (Å²) >= 11 is 0. The minimum Gasteiger partial charge on any atom is -0.496 e. The van der Waals surface area contributed by atoms with Crippen molar-refractivity contribution in [3.63, 3.8) is 0 Å². The first-order valence-electron chi connectivity index (χ1n) is 7.07. The number of hydrogen-bond acceptors (Lipinski definition) is 3. The summed E-state index contributed by atoms with van der Waals surface area (Å²) in [7, 11) is 3.36. The van der Waals surface area contributed by atoms with Crippen LogP contribution in [-0.2, 0) is 16.0 Å². The molecule has 1 aromatic carbocycles. The standard InChI is InChI=1S/C16H21NO4/c1-10(8-11-6-4-5-7-14(11)21-3)17(2)15(18)12-9-13(12)16(19)20/h4-7,10,12-13H,8-9H2,1-3H3,(H,19,20)/t10-,12-,13+/m0/s1. The third-order valence-corrected chi connectivity index (χ3v) is 4.14. The fourth-order valence-corrected chi connectivity index (χ4v) is 2.55. The van der Waals surface area contributed by atoms with E-state index in [0.29, 0.717) is 12.8 Å². The minimum absolute atomic E-state index is 0.0103. The summed E-state index contributed by atoms with van der Waals surface area (Å²) < 4.78 is 5.31. The van der Waals surface area contributed by atoms with Gasteiger partial charge in [0.2, 0.25) is 5.91 Å². The highest BCUT2D eigenvalue weighted by molar-refractivity contribution is 5.89. The zero-order valence-electron chi connectivity index (χ0n) is 12.6. The number of benzene rings is 1. The van der Waals surface area contributed by atoms with Crippen LogP contribution in [0.15, 0.2) is 24.3 Å². The number of likely N-dealkylation sites (N-methyl/N-ethyl adjacent to an activating group) is 1. The molecule has 1 aliphatic carbocycles.